The lowest BCUT2D eigenvalue weighted by Gasteiger charge is -2.13. The van der Waals surface area contributed by atoms with Crippen molar-refractivity contribution < 1.29 is 23.5 Å². The first kappa shape index (κ1) is 17.6. The molecule has 1 unspecified atom stereocenters. The zero-order valence-electron chi connectivity index (χ0n) is 13.9. The standard InChI is InChI=1S/C18H21NO5/c1-12(2)23-15-8-6-14(7-9-15)18(21)24-13(3)17(20)19-11-16-5-4-10-22-16/h4-10,12-13H,11H2,1-3H3,(H,19,20). The van der Waals surface area contributed by atoms with Gasteiger partial charge in [-0.15, -0.1) is 0 Å². The Kier molecular flexibility index (Phi) is 6.01. The highest BCUT2D eigenvalue weighted by Crippen LogP contribution is 2.15. The van der Waals surface area contributed by atoms with Gasteiger partial charge in [0.2, 0.25) is 0 Å². The third kappa shape index (κ3) is 5.15. The summed E-state index contributed by atoms with van der Waals surface area (Å²) in [5.41, 5.74) is 0.358. The lowest BCUT2D eigenvalue weighted by atomic mass is 10.2. The minimum atomic E-state index is -0.904. The molecule has 0 aliphatic rings. The number of amides is 1. The van der Waals surface area contributed by atoms with Crippen LogP contribution in [0.3, 0.4) is 0 Å². The largest absolute Gasteiger partial charge is 0.491 e. The van der Waals surface area contributed by atoms with Gasteiger partial charge in [-0.05, 0) is 57.2 Å². The molecule has 0 aliphatic carbocycles. The summed E-state index contributed by atoms with van der Waals surface area (Å²) in [5, 5.41) is 2.64. The molecule has 0 bridgehead atoms. The van der Waals surface area contributed by atoms with Crippen LogP contribution in [-0.2, 0) is 16.1 Å². The molecule has 1 N–H and O–H groups in total. The number of esters is 1. The van der Waals surface area contributed by atoms with Crippen LogP contribution in [0, 0.1) is 0 Å². The Bertz CT molecular complexity index is 661. The van der Waals surface area contributed by atoms with Crippen molar-refractivity contribution in [1.82, 2.24) is 5.32 Å². The third-order valence-corrected chi connectivity index (χ3v) is 3.13. The van der Waals surface area contributed by atoms with Crippen molar-refractivity contribution in [1.29, 1.82) is 0 Å². The average Bonchev–Trinajstić information content (AvgIpc) is 3.06. The molecule has 0 aliphatic heterocycles. The van der Waals surface area contributed by atoms with Crippen LogP contribution in [0.5, 0.6) is 5.75 Å². The van der Waals surface area contributed by atoms with Crippen molar-refractivity contribution in [2.75, 3.05) is 0 Å². The molecule has 0 radical (unpaired) electrons. The number of rotatable bonds is 7. The molecule has 1 amide bonds. The van der Waals surface area contributed by atoms with E-state index in [9.17, 15) is 9.59 Å². The first-order valence-corrected chi connectivity index (χ1v) is 7.73. The van der Waals surface area contributed by atoms with Gasteiger partial charge in [0.1, 0.15) is 11.5 Å². The van der Waals surface area contributed by atoms with E-state index < -0.39 is 12.1 Å². The van der Waals surface area contributed by atoms with E-state index in [2.05, 4.69) is 5.32 Å². The molecule has 0 saturated carbocycles. The van der Waals surface area contributed by atoms with Crippen molar-refractivity contribution in [2.24, 2.45) is 0 Å². The number of furan rings is 1. The molecule has 2 aromatic rings. The van der Waals surface area contributed by atoms with Gasteiger partial charge in [-0.3, -0.25) is 4.79 Å². The van der Waals surface area contributed by atoms with Crippen LogP contribution in [0.1, 0.15) is 36.9 Å². The second kappa shape index (κ2) is 8.19. The molecule has 1 heterocycles. The number of nitrogens with one attached hydrogen (secondary N) is 1. The summed E-state index contributed by atoms with van der Waals surface area (Å²) < 4.78 is 15.8. The minimum absolute atomic E-state index is 0.0562. The maximum Gasteiger partial charge on any atom is 0.338 e. The number of benzene rings is 1. The summed E-state index contributed by atoms with van der Waals surface area (Å²) in [5.74, 6) is 0.347. The Hall–Kier alpha value is -2.76. The monoisotopic (exact) mass is 331 g/mol. The quantitative estimate of drug-likeness (QED) is 0.789. The van der Waals surface area contributed by atoms with Crippen molar-refractivity contribution in [3.8, 4) is 5.75 Å². The normalized spacial score (nSPS) is 11.8. The van der Waals surface area contributed by atoms with E-state index in [1.54, 1.807) is 36.4 Å². The molecule has 1 atom stereocenters. The van der Waals surface area contributed by atoms with Crippen molar-refractivity contribution in [3.05, 3.63) is 54.0 Å². The maximum atomic E-state index is 12.1. The Balaban J connectivity index is 1.84. The van der Waals surface area contributed by atoms with E-state index in [4.69, 9.17) is 13.9 Å². The van der Waals surface area contributed by atoms with E-state index in [1.165, 1.54) is 13.2 Å². The van der Waals surface area contributed by atoms with Gasteiger partial charge >= 0.3 is 5.97 Å². The second-order valence-corrected chi connectivity index (χ2v) is 5.54. The fraction of sp³-hybridized carbons (Fsp3) is 0.333. The lowest BCUT2D eigenvalue weighted by molar-refractivity contribution is -0.129. The molecule has 6 heteroatoms. The lowest BCUT2D eigenvalue weighted by Crippen LogP contribution is -2.35. The number of hydrogen-bond acceptors (Lipinski definition) is 5. The fourth-order valence-electron chi connectivity index (χ4n) is 1.95. The van der Waals surface area contributed by atoms with Crippen LogP contribution < -0.4 is 10.1 Å². The minimum Gasteiger partial charge on any atom is -0.491 e. The summed E-state index contributed by atoms with van der Waals surface area (Å²) in [7, 11) is 0. The van der Waals surface area contributed by atoms with Gasteiger partial charge in [-0.2, -0.15) is 0 Å². The van der Waals surface area contributed by atoms with Crippen LogP contribution in [-0.4, -0.2) is 24.1 Å². The number of hydrogen-bond donors (Lipinski definition) is 1. The topological polar surface area (TPSA) is 77.8 Å². The van der Waals surface area contributed by atoms with Crippen LogP contribution in [0.2, 0.25) is 0 Å². The molecule has 128 valence electrons. The van der Waals surface area contributed by atoms with Crippen LogP contribution in [0.4, 0.5) is 0 Å². The summed E-state index contributed by atoms with van der Waals surface area (Å²) >= 11 is 0. The molecule has 0 saturated heterocycles. The summed E-state index contributed by atoms with van der Waals surface area (Å²) in [6.45, 7) is 5.61. The Morgan fingerprint density at radius 3 is 2.42 bits per heavy atom. The predicted octanol–water partition coefficient (Wildman–Crippen LogP) is 2.93. The van der Waals surface area contributed by atoms with Gasteiger partial charge in [0, 0.05) is 0 Å². The molecule has 0 spiro atoms. The molecular weight excluding hydrogens is 310 g/mol. The number of carbonyl (C=O) groups is 2. The zero-order chi connectivity index (χ0) is 17.5. The highest BCUT2D eigenvalue weighted by Gasteiger charge is 2.19. The van der Waals surface area contributed by atoms with Crippen molar-refractivity contribution in [2.45, 2.75) is 39.5 Å². The molecule has 1 aromatic carbocycles. The molecule has 2 rings (SSSR count). The Morgan fingerprint density at radius 2 is 1.83 bits per heavy atom. The Morgan fingerprint density at radius 1 is 1.12 bits per heavy atom. The highest BCUT2D eigenvalue weighted by molar-refractivity contribution is 5.92. The van der Waals surface area contributed by atoms with Gasteiger partial charge in [-0.25, -0.2) is 4.79 Å². The van der Waals surface area contributed by atoms with Crippen LogP contribution in [0.15, 0.2) is 47.1 Å². The zero-order valence-corrected chi connectivity index (χ0v) is 13.9. The molecule has 0 fully saturated rings. The van der Waals surface area contributed by atoms with Gasteiger partial charge < -0.3 is 19.2 Å². The first-order chi connectivity index (χ1) is 11.5. The van der Waals surface area contributed by atoms with Gasteiger partial charge in [0.25, 0.3) is 5.91 Å². The second-order valence-electron chi connectivity index (χ2n) is 5.54. The fourth-order valence-corrected chi connectivity index (χ4v) is 1.95. The van der Waals surface area contributed by atoms with Gasteiger partial charge in [0.05, 0.1) is 24.5 Å². The van der Waals surface area contributed by atoms with Crippen molar-refractivity contribution in [3.63, 3.8) is 0 Å². The Labute approximate surface area is 140 Å². The molecule has 24 heavy (non-hydrogen) atoms. The number of ether oxygens (including phenoxy) is 2. The highest BCUT2D eigenvalue weighted by atomic mass is 16.5. The van der Waals surface area contributed by atoms with Crippen LogP contribution in [0.25, 0.3) is 0 Å². The summed E-state index contributed by atoms with van der Waals surface area (Å²) in [4.78, 5) is 24.0. The van der Waals surface area contributed by atoms with E-state index in [0.717, 1.165) is 0 Å². The predicted molar refractivity (Wildman–Crippen MR) is 87.6 cm³/mol. The molecular formula is C18H21NO5. The average molecular weight is 331 g/mol. The van der Waals surface area contributed by atoms with Crippen LogP contribution >= 0.6 is 0 Å². The summed E-state index contributed by atoms with van der Waals surface area (Å²) in [6, 6.07) is 10.1. The molecule has 6 nitrogen and oxygen atoms in total. The maximum absolute atomic E-state index is 12.1. The smallest absolute Gasteiger partial charge is 0.338 e. The van der Waals surface area contributed by atoms with E-state index in [1.807, 2.05) is 13.8 Å². The van der Waals surface area contributed by atoms with E-state index >= 15 is 0 Å². The SMILES string of the molecule is CC(C)Oc1ccc(C(=O)OC(C)C(=O)NCc2ccco2)cc1. The first-order valence-electron chi connectivity index (χ1n) is 7.73. The van der Waals surface area contributed by atoms with Gasteiger partial charge in [-0.1, -0.05) is 0 Å². The number of carbonyl (C=O) groups excluding carboxylic acids is 2. The molecule has 1 aromatic heterocycles. The third-order valence-electron chi connectivity index (χ3n) is 3.13. The van der Waals surface area contributed by atoms with Crippen molar-refractivity contribution >= 4 is 11.9 Å². The van der Waals surface area contributed by atoms with Gasteiger partial charge in [0.15, 0.2) is 6.10 Å². The van der Waals surface area contributed by atoms with E-state index in [0.29, 0.717) is 17.1 Å². The summed E-state index contributed by atoms with van der Waals surface area (Å²) in [6.07, 6.45) is 0.678. The van der Waals surface area contributed by atoms with E-state index in [-0.39, 0.29) is 18.6 Å².